The molecule has 1 saturated carbocycles. The summed E-state index contributed by atoms with van der Waals surface area (Å²) in [6.45, 7) is 2.54. The number of hydrogen-bond donors (Lipinski definition) is 1. The van der Waals surface area contributed by atoms with Gasteiger partial charge in [-0.3, -0.25) is 9.59 Å². The highest BCUT2D eigenvalue weighted by atomic mass is 32.2. The van der Waals surface area contributed by atoms with Gasteiger partial charge in [-0.15, -0.1) is 0 Å². The average Bonchev–Trinajstić information content (AvgIpc) is 2.82. The quantitative estimate of drug-likeness (QED) is 0.835. The standard InChI is InChI=1S/C21H23N3O2S/c1-2-24-17-11-10-15(23-19(25)14-7-4-3-5-8-14)13-18(17)27-20-16(21(24)26)9-6-12-22-20/h6,9-14H,2-5,7-8H2,1H3,(H,23,25). The molecule has 6 heteroatoms. The van der Waals surface area contributed by atoms with Crippen molar-refractivity contribution in [1.29, 1.82) is 0 Å². The molecule has 2 heterocycles. The predicted molar refractivity (Wildman–Crippen MR) is 107 cm³/mol. The van der Waals surface area contributed by atoms with Crippen LogP contribution < -0.4 is 10.2 Å². The van der Waals surface area contributed by atoms with E-state index in [0.717, 1.165) is 42.0 Å². The highest BCUT2D eigenvalue weighted by Crippen LogP contribution is 2.41. The second-order valence-electron chi connectivity index (χ2n) is 7.01. The molecule has 0 bridgehead atoms. The van der Waals surface area contributed by atoms with E-state index in [9.17, 15) is 9.59 Å². The molecule has 1 aromatic heterocycles. The topological polar surface area (TPSA) is 62.3 Å². The van der Waals surface area contributed by atoms with Gasteiger partial charge >= 0.3 is 0 Å². The van der Waals surface area contributed by atoms with Gasteiger partial charge in [0.1, 0.15) is 5.03 Å². The number of amides is 2. The van der Waals surface area contributed by atoms with Crippen molar-refractivity contribution in [1.82, 2.24) is 4.98 Å². The zero-order chi connectivity index (χ0) is 18.8. The van der Waals surface area contributed by atoms with Crippen LogP contribution in [0.5, 0.6) is 0 Å². The number of nitrogens with one attached hydrogen (secondary N) is 1. The Kier molecular flexibility index (Phi) is 5.16. The molecule has 0 spiro atoms. The summed E-state index contributed by atoms with van der Waals surface area (Å²) in [7, 11) is 0. The van der Waals surface area contributed by atoms with E-state index in [0.29, 0.717) is 17.1 Å². The third kappa shape index (κ3) is 3.58. The Morgan fingerprint density at radius 3 is 2.85 bits per heavy atom. The Bertz CT molecular complexity index is 877. The van der Waals surface area contributed by atoms with Crippen LogP contribution in [-0.4, -0.2) is 23.3 Å². The minimum absolute atomic E-state index is 0.0363. The first kappa shape index (κ1) is 18.0. The predicted octanol–water partition coefficient (Wildman–Crippen LogP) is 4.73. The molecule has 140 valence electrons. The number of benzene rings is 1. The van der Waals surface area contributed by atoms with Crippen molar-refractivity contribution in [3.8, 4) is 0 Å². The van der Waals surface area contributed by atoms with Gasteiger partial charge in [0.25, 0.3) is 5.91 Å². The second-order valence-corrected chi connectivity index (χ2v) is 8.04. The van der Waals surface area contributed by atoms with Gasteiger partial charge in [-0.25, -0.2) is 4.98 Å². The molecule has 1 aromatic carbocycles. The molecule has 0 unspecified atom stereocenters. The van der Waals surface area contributed by atoms with Gasteiger partial charge < -0.3 is 10.2 Å². The van der Waals surface area contributed by atoms with Gasteiger partial charge in [-0.1, -0.05) is 31.0 Å². The molecule has 2 aromatic rings. The highest BCUT2D eigenvalue weighted by molar-refractivity contribution is 7.99. The smallest absolute Gasteiger partial charge is 0.261 e. The van der Waals surface area contributed by atoms with E-state index in [-0.39, 0.29) is 17.7 Å². The molecule has 27 heavy (non-hydrogen) atoms. The molecular weight excluding hydrogens is 358 g/mol. The van der Waals surface area contributed by atoms with Crippen molar-refractivity contribution in [3.63, 3.8) is 0 Å². The van der Waals surface area contributed by atoms with Gasteiger partial charge in [0.15, 0.2) is 0 Å². The molecule has 1 aliphatic carbocycles. The third-order valence-electron chi connectivity index (χ3n) is 5.26. The summed E-state index contributed by atoms with van der Waals surface area (Å²) in [6, 6.07) is 9.38. The first-order valence-corrected chi connectivity index (χ1v) is 10.4. The van der Waals surface area contributed by atoms with Crippen LogP contribution in [0.15, 0.2) is 46.5 Å². The summed E-state index contributed by atoms with van der Waals surface area (Å²) >= 11 is 1.48. The zero-order valence-electron chi connectivity index (χ0n) is 15.4. The maximum absolute atomic E-state index is 12.9. The summed E-state index contributed by atoms with van der Waals surface area (Å²) in [5.74, 6) is 0.183. The van der Waals surface area contributed by atoms with Crippen LogP contribution in [0.3, 0.4) is 0 Å². The Labute approximate surface area is 163 Å². The largest absolute Gasteiger partial charge is 0.326 e. The Morgan fingerprint density at radius 2 is 2.07 bits per heavy atom. The molecule has 1 N–H and O–H groups in total. The lowest BCUT2D eigenvalue weighted by atomic mass is 9.88. The Hall–Kier alpha value is -2.34. The average molecular weight is 382 g/mol. The minimum Gasteiger partial charge on any atom is -0.326 e. The van der Waals surface area contributed by atoms with Crippen LogP contribution in [0, 0.1) is 5.92 Å². The van der Waals surface area contributed by atoms with Crippen LogP contribution in [0.2, 0.25) is 0 Å². The van der Waals surface area contributed by atoms with E-state index in [1.807, 2.05) is 31.2 Å². The van der Waals surface area contributed by atoms with E-state index in [2.05, 4.69) is 10.3 Å². The summed E-state index contributed by atoms with van der Waals surface area (Å²) < 4.78 is 0. The fourth-order valence-corrected chi connectivity index (χ4v) is 4.87. The van der Waals surface area contributed by atoms with Crippen molar-refractivity contribution in [2.75, 3.05) is 16.8 Å². The van der Waals surface area contributed by atoms with Crippen molar-refractivity contribution < 1.29 is 9.59 Å². The highest BCUT2D eigenvalue weighted by Gasteiger charge is 2.27. The molecule has 0 atom stereocenters. The summed E-state index contributed by atoms with van der Waals surface area (Å²) in [5.41, 5.74) is 2.26. The lowest BCUT2D eigenvalue weighted by molar-refractivity contribution is -0.120. The number of aromatic nitrogens is 1. The first-order chi connectivity index (χ1) is 13.2. The van der Waals surface area contributed by atoms with Gasteiger partial charge in [0.2, 0.25) is 5.91 Å². The molecule has 5 nitrogen and oxygen atoms in total. The fourth-order valence-electron chi connectivity index (χ4n) is 3.81. The number of rotatable bonds is 3. The first-order valence-electron chi connectivity index (χ1n) is 9.57. The summed E-state index contributed by atoms with van der Waals surface area (Å²) in [6.07, 6.45) is 7.14. The second kappa shape index (κ2) is 7.72. The van der Waals surface area contributed by atoms with Gasteiger partial charge in [-0.2, -0.15) is 0 Å². The lowest BCUT2D eigenvalue weighted by Crippen LogP contribution is -2.30. The SMILES string of the molecule is CCN1C(=O)c2cccnc2Sc2cc(NC(=O)C3CCCCC3)ccc21. The van der Waals surface area contributed by atoms with Crippen molar-refractivity contribution in [3.05, 3.63) is 42.1 Å². The van der Waals surface area contributed by atoms with Crippen LogP contribution in [0.25, 0.3) is 0 Å². The molecular formula is C21H23N3O2S. The van der Waals surface area contributed by atoms with E-state index in [1.54, 1.807) is 17.2 Å². The number of carbonyl (C=O) groups excluding carboxylic acids is 2. The molecule has 0 radical (unpaired) electrons. The number of anilines is 2. The monoisotopic (exact) mass is 381 g/mol. The molecule has 2 amide bonds. The summed E-state index contributed by atoms with van der Waals surface area (Å²) in [5, 5.41) is 3.78. The van der Waals surface area contributed by atoms with E-state index in [4.69, 9.17) is 0 Å². The molecule has 4 rings (SSSR count). The van der Waals surface area contributed by atoms with Crippen LogP contribution in [-0.2, 0) is 4.79 Å². The number of hydrogen-bond acceptors (Lipinski definition) is 4. The third-order valence-corrected chi connectivity index (χ3v) is 6.33. The number of carbonyl (C=O) groups is 2. The van der Waals surface area contributed by atoms with Crippen molar-refractivity contribution in [2.45, 2.75) is 48.9 Å². The lowest BCUT2D eigenvalue weighted by Gasteiger charge is -2.23. The van der Waals surface area contributed by atoms with Gasteiger partial charge in [-0.05, 0) is 50.1 Å². The number of fused-ring (bicyclic) bond motifs is 2. The van der Waals surface area contributed by atoms with Crippen LogP contribution in [0.1, 0.15) is 49.4 Å². The fraction of sp³-hybridized carbons (Fsp3) is 0.381. The van der Waals surface area contributed by atoms with Gasteiger partial charge in [0, 0.05) is 29.2 Å². The molecule has 2 aliphatic rings. The van der Waals surface area contributed by atoms with Crippen molar-refractivity contribution in [2.24, 2.45) is 5.92 Å². The van der Waals surface area contributed by atoms with E-state index < -0.39 is 0 Å². The molecule has 1 fully saturated rings. The maximum Gasteiger partial charge on any atom is 0.261 e. The normalized spacial score (nSPS) is 17.1. The van der Waals surface area contributed by atoms with Crippen molar-refractivity contribution >= 4 is 35.0 Å². The molecule has 0 saturated heterocycles. The van der Waals surface area contributed by atoms with Crippen LogP contribution >= 0.6 is 11.8 Å². The minimum atomic E-state index is -0.0363. The number of nitrogens with zero attached hydrogens (tertiary/aromatic N) is 2. The van der Waals surface area contributed by atoms with E-state index >= 15 is 0 Å². The van der Waals surface area contributed by atoms with Gasteiger partial charge in [0.05, 0.1) is 11.3 Å². The Balaban J connectivity index is 1.64. The number of pyridine rings is 1. The maximum atomic E-state index is 12.9. The zero-order valence-corrected chi connectivity index (χ0v) is 16.2. The molecule has 1 aliphatic heterocycles. The van der Waals surface area contributed by atoms with E-state index in [1.165, 1.54) is 18.2 Å². The summed E-state index contributed by atoms with van der Waals surface area (Å²) in [4.78, 5) is 32.6. The van der Waals surface area contributed by atoms with Crippen LogP contribution in [0.4, 0.5) is 11.4 Å². The Morgan fingerprint density at radius 1 is 1.26 bits per heavy atom.